The van der Waals surface area contributed by atoms with Crippen LogP contribution in [-0.4, -0.2) is 33.4 Å². The van der Waals surface area contributed by atoms with Crippen LogP contribution in [-0.2, 0) is 16.1 Å². The van der Waals surface area contributed by atoms with E-state index < -0.39 is 30.5 Å². The molecule has 0 fully saturated rings. The van der Waals surface area contributed by atoms with Gasteiger partial charge in [0.25, 0.3) is 5.56 Å². The number of hydrogen-bond donors (Lipinski definition) is 1. The Morgan fingerprint density at radius 1 is 1.32 bits per heavy atom. The molecule has 1 heterocycles. The molecular formula is C11H9N4O4-. The molecule has 0 aliphatic heterocycles. The fraction of sp³-hybridized carbons (Fsp3) is 0.182. The Morgan fingerprint density at radius 2 is 2.05 bits per heavy atom. The molecule has 0 unspecified atom stereocenters. The van der Waals surface area contributed by atoms with Gasteiger partial charge in [-0.05, 0) is 12.1 Å². The van der Waals surface area contributed by atoms with Crippen LogP contribution in [0.15, 0.2) is 29.1 Å². The van der Waals surface area contributed by atoms with E-state index in [0.29, 0.717) is 10.9 Å². The van der Waals surface area contributed by atoms with Gasteiger partial charge < -0.3 is 15.2 Å². The smallest absolute Gasteiger partial charge is 0.278 e. The molecule has 1 aromatic carbocycles. The van der Waals surface area contributed by atoms with E-state index in [2.05, 4.69) is 15.6 Å². The average Bonchev–Trinajstić information content (AvgIpc) is 2.40. The number of carbonyl (C=O) groups excluding carboxylic acids is 2. The van der Waals surface area contributed by atoms with Gasteiger partial charge in [0, 0.05) is 0 Å². The van der Waals surface area contributed by atoms with Gasteiger partial charge in [-0.1, -0.05) is 17.3 Å². The summed E-state index contributed by atoms with van der Waals surface area (Å²) >= 11 is 0. The monoisotopic (exact) mass is 261 g/mol. The van der Waals surface area contributed by atoms with Gasteiger partial charge in [0.15, 0.2) is 0 Å². The number of rotatable bonds is 4. The highest BCUT2D eigenvalue weighted by Gasteiger charge is 2.08. The standard InChI is InChI=1S/C11H10N4O4/c16-9(12-5-10(17)18)6-15-11(19)7-3-1-2-4-8(7)13-14-15/h1-4H,5-6H2,(H,12,16)(H,17,18)/p-1. The van der Waals surface area contributed by atoms with Crippen molar-refractivity contribution in [2.45, 2.75) is 6.54 Å². The first kappa shape index (κ1) is 12.7. The summed E-state index contributed by atoms with van der Waals surface area (Å²) in [5, 5.41) is 20.0. The molecule has 1 aromatic heterocycles. The average molecular weight is 261 g/mol. The summed E-state index contributed by atoms with van der Waals surface area (Å²) in [4.78, 5) is 33.5. The van der Waals surface area contributed by atoms with E-state index in [4.69, 9.17) is 0 Å². The van der Waals surface area contributed by atoms with E-state index in [1.165, 1.54) is 0 Å². The van der Waals surface area contributed by atoms with Crippen LogP contribution in [0.1, 0.15) is 0 Å². The zero-order chi connectivity index (χ0) is 13.8. The number of aliphatic carboxylic acids is 1. The maximum Gasteiger partial charge on any atom is 0.278 e. The molecule has 2 aromatic rings. The van der Waals surface area contributed by atoms with Crippen molar-refractivity contribution >= 4 is 22.8 Å². The predicted octanol–water partition coefficient (Wildman–Crippen LogP) is -2.34. The van der Waals surface area contributed by atoms with Crippen LogP contribution in [0.3, 0.4) is 0 Å². The van der Waals surface area contributed by atoms with Crippen LogP contribution in [0.2, 0.25) is 0 Å². The number of aromatic nitrogens is 3. The first-order valence-corrected chi connectivity index (χ1v) is 5.37. The van der Waals surface area contributed by atoms with Gasteiger partial charge >= 0.3 is 0 Å². The lowest BCUT2D eigenvalue weighted by molar-refractivity contribution is -0.304. The van der Waals surface area contributed by atoms with Crippen molar-refractivity contribution < 1.29 is 14.7 Å². The fourth-order valence-corrected chi connectivity index (χ4v) is 1.49. The summed E-state index contributed by atoms with van der Waals surface area (Å²) in [5.41, 5.74) is -0.0342. The van der Waals surface area contributed by atoms with Crippen molar-refractivity contribution in [3.05, 3.63) is 34.6 Å². The molecule has 8 heteroatoms. The minimum atomic E-state index is -1.41. The van der Waals surface area contributed by atoms with Crippen LogP contribution in [0.4, 0.5) is 0 Å². The second-order valence-electron chi connectivity index (χ2n) is 3.72. The molecule has 0 bridgehead atoms. The normalized spacial score (nSPS) is 10.3. The van der Waals surface area contributed by atoms with Gasteiger partial charge in [-0.2, -0.15) is 0 Å². The van der Waals surface area contributed by atoms with Gasteiger partial charge in [0.1, 0.15) is 12.1 Å². The molecule has 8 nitrogen and oxygen atoms in total. The molecule has 1 N–H and O–H groups in total. The molecule has 0 spiro atoms. The van der Waals surface area contributed by atoms with Crippen molar-refractivity contribution in [2.24, 2.45) is 0 Å². The lowest BCUT2D eigenvalue weighted by Crippen LogP contribution is -2.40. The molecule has 1 amide bonds. The highest BCUT2D eigenvalue weighted by atomic mass is 16.4. The largest absolute Gasteiger partial charge is 0.548 e. The Balaban J connectivity index is 2.22. The van der Waals surface area contributed by atoms with Crippen molar-refractivity contribution in [1.82, 2.24) is 20.3 Å². The first-order valence-electron chi connectivity index (χ1n) is 5.37. The van der Waals surface area contributed by atoms with Crippen LogP contribution in [0.25, 0.3) is 10.9 Å². The summed E-state index contributed by atoms with van der Waals surface area (Å²) < 4.78 is 0.868. The Hall–Kier alpha value is -2.77. The van der Waals surface area contributed by atoms with Gasteiger partial charge in [-0.15, -0.1) is 5.10 Å². The van der Waals surface area contributed by atoms with Gasteiger partial charge in [0.05, 0.1) is 17.9 Å². The van der Waals surface area contributed by atoms with Crippen LogP contribution in [0.5, 0.6) is 0 Å². The van der Waals surface area contributed by atoms with E-state index in [1.54, 1.807) is 24.3 Å². The molecule has 0 saturated heterocycles. The zero-order valence-electron chi connectivity index (χ0n) is 9.70. The molecule has 0 radical (unpaired) electrons. The minimum absolute atomic E-state index is 0.338. The molecule has 2 rings (SSSR count). The Morgan fingerprint density at radius 3 is 2.79 bits per heavy atom. The quantitative estimate of drug-likeness (QED) is 0.659. The topological polar surface area (TPSA) is 117 Å². The molecule has 0 atom stereocenters. The number of hydrogen-bond acceptors (Lipinski definition) is 6. The van der Waals surface area contributed by atoms with Crippen LogP contribution in [0, 0.1) is 0 Å². The lowest BCUT2D eigenvalue weighted by Gasteiger charge is -2.06. The van der Waals surface area contributed by atoms with Crippen LogP contribution >= 0.6 is 0 Å². The maximum absolute atomic E-state index is 12.0. The highest BCUT2D eigenvalue weighted by Crippen LogP contribution is 2.02. The SMILES string of the molecule is O=C([O-])CNC(=O)Cn1nnc2ccccc2c1=O. The summed E-state index contributed by atoms with van der Waals surface area (Å²) in [6, 6.07) is 6.59. The van der Waals surface area contributed by atoms with E-state index in [-0.39, 0.29) is 0 Å². The second-order valence-corrected chi connectivity index (χ2v) is 3.72. The fourth-order valence-electron chi connectivity index (χ4n) is 1.49. The third kappa shape index (κ3) is 2.92. The van der Waals surface area contributed by atoms with Crippen molar-refractivity contribution in [2.75, 3.05) is 6.54 Å². The number of carbonyl (C=O) groups is 2. The Bertz CT molecular complexity index is 694. The molecule has 0 aliphatic carbocycles. The molecular weight excluding hydrogens is 252 g/mol. The Labute approximate surface area is 106 Å². The predicted molar refractivity (Wildman–Crippen MR) is 61.8 cm³/mol. The number of benzene rings is 1. The van der Waals surface area contributed by atoms with Crippen molar-refractivity contribution in [1.29, 1.82) is 0 Å². The zero-order valence-corrected chi connectivity index (χ0v) is 9.70. The molecule has 98 valence electrons. The van der Waals surface area contributed by atoms with Gasteiger partial charge in [0.2, 0.25) is 5.91 Å². The van der Waals surface area contributed by atoms with Crippen molar-refractivity contribution in [3.8, 4) is 0 Å². The highest BCUT2D eigenvalue weighted by molar-refractivity contribution is 5.81. The summed E-state index contributed by atoms with van der Waals surface area (Å²) in [5.74, 6) is -2.07. The Kier molecular flexibility index (Phi) is 3.51. The molecule has 0 saturated carbocycles. The van der Waals surface area contributed by atoms with E-state index in [9.17, 15) is 19.5 Å². The van der Waals surface area contributed by atoms with Crippen molar-refractivity contribution in [3.63, 3.8) is 0 Å². The third-order valence-electron chi connectivity index (χ3n) is 2.35. The minimum Gasteiger partial charge on any atom is -0.548 e. The van der Waals surface area contributed by atoms with Gasteiger partial charge in [-0.25, -0.2) is 4.68 Å². The third-order valence-corrected chi connectivity index (χ3v) is 2.35. The lowest BCUT2D eigenvalue weighted by atomic mass is 10.2. The number of fused-ring (bicyclic) bond motifs is 1. The van der Waals surface area contributed by atoms with E-state index in [1.807, 2.05) is 0 Å². The summed E-state index contributed by atoms with van der Waals surface area (Å²) in [7, 11) is 0. The number of carboxylic acid groups (broad SMARTS) is 1. The molecule has 19 heavy (non-hydrogen) atoms. The van der Waals surface area contributed by atoms with E-state index in [0.717, 1.165) is 4.68 Å². The second kappa shape index (κ2) is 5.25. The summed E-state index contributed by atoms with van der Waals surface area (Å²) in [6.07, 6.45) is 0. The summed E-state index contributed by atoms with van der Waals surface area (Å²) in [6.45, 7) is -1.02. The van der Waals surface area contributed by atoms with Gasteiger partial charge in [-0.3, -0.25) is 9.59 Å². The van der Waals surface area contributed by atoms with Crippen LogP contribution < -0.4 is 16.0 Å². The number of nitrogens with one attached hydrogen (secondary N) is 1. The number of nitrogens with zero attached hydrogens (tertiary/aromatic N) is 3. The number of amides is 1. The maximum atomic E-state index is 12.0. The first-order chi connectivity index (χ1) is 9.08. The van der Waals surface area contributed by atoms with E-state index >= 15 is 0 Å². The number of carboxylic acids is 1. The molecule has 0 aliphatic rings.